The summed E-state index contributed by atoms with van der Waals surface area (Å²) in [5.41, 5.74) is 0.438. The van der Waals surface area contributed by atoms with Gasteiger partial charge in [0, 0.05) is 31.8 Å². The zero-order valence-corrected chi connectivity index (χ0v) is 15.1. The average Bonchev–Trinajstić information content (AvgIpc) is 2.85. The first-order chi connectivity index (χ1) is 11.4. The molecule has 7 heteroatoms. The number of hydrogen-bond acceptors (Lipinski definition) is 4. The molecule has 0 spiro atoms. The van der Waals surface area contributed by atoms with Gasteiger partial charge in [0.1, 0.15) is 0 Å². The van der Waals surface area contributed by atoms with E-state index in [2.05, 4.69) is 5.32 Å². The number of benzene rings is 1. The number of sulfonamides is 1. The minimum atomic E-state index is -3.48. The van der Waals surface area contributed by atoms with Crippen molar-refractivity contribution in [1.82, 2.24) is 9.62 Å². The third kappa shape index (κ3) is 4.78. The smallest absolute Gasteiger partial charge is 0.251 e. The van der Waals surface area contributed by atoms with Crippen LogP contribution in [0.5, 0.6) is 0 Å². The van der Waals surface area contributed by atoms with E-state index < -0.39 is 10.0 Å². The van der Waals surface area contributed by atoms with E-state index in [1.165, 1.54) is 12.1 Å². The summed E-state index contributed by atoms with van der Waals surface area (Å²) in [4.78, 5) is 12.4. The first kappa shape index (κ1) is 18.9. The summed E-state index contributed by atoms with van der Waals surface area (Å²) in [7, 11) is -1.90. The van der Waals surface area contributed by atoms with Crippen LogP contribution < -0.4 is 5.32 Å². The van der Waals surface area contributed by atoms with Gasteiger partial charge in [-0.15, -0.1) is 0 Å². The molecule has 0 aromatic heterocycles. The minimum Gasteiger partial charge on any atom is -0.383 e. The predicted octanol–water partition coefficient (Wildman–Crippen LogP) is 2.02. The molecule has 1 aliphatic rings. The molecule has 24 heavy (non-hydrogen) atoms. The molecular weight excluding hydrogens is 328 g/mol. The molecule has 1 saturated heterocycles. The number of amides is 1. The standard InChI is InChI=1S/C17H26N2O4S/c1-14(13-23-2)18-17(20)15-7-9-16(10-8-15)24(21,22)19-11-5-3-4-6-12-19/h7-10,14H,3-6,11-13H2,1-2H3,(H,18,20)/t14-/m1/s1. The molecule has 134 valence electrons. The molecule has 0 saturated carbocycles. The van der Waals surface area contributed by atoms with Gasteiger partial charge in [-0.1, -0.05) is 12.8 Å². The van der Waals surface area contributed by atoms with Crippen LogP contribution in [0.3, 0.4) is 0 Å². The van der Waals surface area contributed by atoms with Crippen LogP contribution in [0.25, 0.3) is 0 Å². The molecule has 2 rings (SSSR count). The van der Waals surface area contributed by atoms with E-state index in [9.17, 15) is 13.2 Å². The van der Waals surface area contributed by atoms with Crippen molar-refractivity contribution in [3.63, 3.8) is 0 Å². The van der Waals surface area contributed by atoms with E-state index in [0.29, 0.717) is 25.3 Å². The van der Waals surface area contributed by atoms with Gasteiger partial charge in [-0.05, 0) is 44.0 Å². The van der Waals surface area contributed by atoms with Gasteiger partial charge in [-0.25, -0.2) is 8.42 Å². The largest absolute Gasteiger partial charge is 0.383 e. The fraction of sp³-hybridized carbons (Fsp3) is 0.588. The summed E-state index contributed by atoms with van der Waals surface area (Å²) in [6.45, 7) is 3.41. The van der Waals surface area contributed by atoms with Gasteiger partial charge in [0.05, 0.1) is 11.5 Å². The number of methoxy groups -OCH3 is 1. The van der Waals surface area contributed by atoms with Crippen LogP contribution in [-0.2, 0) is 14.8 Å². The van der Waals surface area contributed by atoms with E-state index >= 15 is 0 Å². The molecule has 1 heterocycles. The molecule has 1 aromatic rings. The van der Waals surface area contributed by atoms with Crippen LogP contribution >= 0.6 is 0 Å². The fourth-order valence-corrected chi connectivity index (χ4v) is 4.33. The molecule has 6 nitrogen and oxygen atoms in total. The van der Waals surface area contributed by atoms with Crippen molar-refractivity contribution >= 4 is 15.9 Å². The second-order valence-electron chi connectivity index (χ2n) is 6.17. The maximum absolute atomic E-state index is 12.7. The summed E-state index contributed by atoms with van der Waals surface area (Å²) in [6, 6.07) is 6.02. The molecule has 1 fully saturated rings. The zero-order valence-electron chi connectivity index (χ0n) is 14.3. The number of hydrogen-bond donors (Lipinski definition) is 1. The van der Waals surface area contributed by atoms with Crippen molar-refractivity contribution < 1.29 is 17.9 Å². The normalized spacial score (nSPS) is 17.9. The number of nitrogens with zero attached hydrogens (tertiary/aromatic N) is 1. The van der Waals surface area contributed by atoms with E-state index in [-0.39, 0.29) is 16.8 Å². The summed E-state index contributed by atoms with van der Waals surface area (Å²) in [5, 5.41) is 2.80. The van der Waals surface area contributed by atoms with Crippen molar-refractivity contribution in [1.29, 1.82) is 0 Å². The van der Waals surface area contributed by atoms with Crippen LogP contribution in [0.1, 0.15) is 43.0 Å². The highest BCUT2D eigenvalue weighted by atomic mass is 32.2. The van der Waals surface area contributed by atoms with Crippen molar-refractivity contribution in [2.45, 2.75) is 43.5 Å². The third-order valence-corrected chi connectivity index (χ3v) is 6.03. The summed E-state index contributed by atoms with van der Waals surface area (Å²) in [5.74, 6) is -0.238. The number of ether oxygens (including phenoxy) is 1. The first-order valence-corrected chi connectivity index (χ1v) is 9.79. The quantitative estimate of drug-likeness (QED) is 0.848. The number of carbonyl (C=O) groups excluding carboxylic acids is 1. The van der Waals surface area contributed by atoms with E-state index in [4.69, 9.17) is 4.74 Å². The van der Waals surface area contributed by atoms with Crippen molar-refractivity contribution in [2.75, 3.05) is 26.8 Å². The molecule has 1 N–H and O–H groups in total. The maximum atomic E-state index is 12.7. The summed E-state index contributed by atoms with van der Waals surface area (Å²) >= 11 is 0. The van der Waals surface area contributed by atoms with Crippen molar-refractivity contribution in [2.24, 2.45) is 0 Å². The Morgan fingerprint density at radius 3 is 2.29 bits per heavy atom. The molecule has 1 aliphatic heterocycles. The third-order valence-electron chi connectivity index (χ3n) is 4.11. The zero-order chi connectivity index (χ0) is 17.6. The Morgan fingerprint density at radius 1 is 1.17 bits per heavy atom. The van der Waals surface area contributed by atoms with Gasteiger partial charge in [0.2, 0.25) is 10.0 Å². The lowest BCUT2D eigenvalue weighted by molar-refractivity contribution is 0.0905. The highest BCUT2D eigenvalue weighted by Gasteiger charge is 2.25. The second kappa shape index (κ2) is 8.60. The Morgan fingerprint density at radius 2 is 1.75 bits per heavy atom. The van der Waals surface area contributed by atoms with Crippen LogP contribution in [0.15, 0.2) is 29.2 Å². The monoisotopic (exact) mass is 354 g/mol. The Labute approximate surface area is 144 Å². The Hall–Kier alpha value is -1.44. The highest BCUT2D eigenvalue weighted by Crippen LogP contribution is 2.20. The van der Waals surface area contributed by atoms with Crippen LogP contribution in [0, 0.1) is 0 Å². The molecule has 1 aromatic carbocycles. The lowest BCUT2D eigenvalue weighted by atomic mass is 10.2. The Bertz CT molecular complexity index is 635. The number of nitrogens with one attached hydrogen (secondary N) is 1. The summed E-state index contributed by atoms with van der Waals surface area (Å²) < 4.78 is 31.9. The van der Waals surface area contributed by atoms with Gasteiger partial charge in [-0.3, -0.25) is 4.79 Å². The maximum Gasteiger partial charge on any atom is 0.251 e. The van der Waals surface area contributed by atoms with Crippen LogP contribution in [0.2, 0.25) is 0 Å². The molecule has 1 amide bonds. The first-order valence-electron chi connectivity index (χ1n) is 8.35. The van der Waals surface area contributed by atoms with Crippen LogP contribution in [0.4, 0.5) is 0 Å². The summed E-state index contributed by atoms with van der Waals surface area (Å²) in [6.07, 6.45) is 3.95. The van der Waals surface area contributed by atoms with Crippen LogP contribution in [-0.4, -0.2) is 51.5 Å². The lowest BCUT2D eigenvalue weighted by Crippen LogP contribution is -2.35. The second-order valence-corrected chi connectivity index (χ2v) is 8.11. The van der Waals surface area contributed by atoms with Crippen molar-refractivity contribution in [3.05, 3.63) is 29.8 Å². The SMILES string of the molecule is COC[C@@H](C)NC(=O)c1ccc(S(=O)(=O)N2CCCCCC2)cc1. The molecule has 0 aliphatic carbocycles. The molecule has 0 bridgehead atoms. The van der Waals surface area contributed by atoms with Gasteiger partial charge in [0.25, 0.3) is 5.91 Å². The average molecular weight is 354 g/mol. The molecule has 0 unspecified atom stereocenters. The Kier molecular flexibility index (Phi) is 6.77. The van der Waals surface area contributed by atoms with E-state index in [0.717, 1.165) is 25.7 Å². The number of rotatable bonds is 6. The van der Waals surface area contributed by atoms with Gasteiger partial charge in [-0.2, -0.15) is 4.31 Å². The fourth-order valence-electron chi connectivity index (χ4n) is 2.81. The Balaban J connectivity index is 2.09. The van der Waals surface area contributed by atoms with E-state index in [1.807, 2.05) is 6.92 Å². The highest BCUT2D eigenvalue weighted by molar-refractivity contribution is 7.89. The molecular formula is C17H26N2O4S. The van der Waals surface area contributed by atoms with Gasteiger partial charge < -0.3 is 10.1 Å². The van der Waals surface area contributed by atoms with Gasteiger partial charge >= 0.3 is 0 Å². The predicted molar refractivity (Wildman–Crippen MR) is 92.5 cm³/mol. The van der Waals surface area contributed by atoms with E-state index in [1.54, 1.807) is 23.5 Å². The van der Waals surface area contributed by atoms with Crippen molar-refractivity contribution in [3.8, 4) is 0 Å². The topological polar surface area (TPSA) is 75.7 Å². The van der Waals surface area contributed by atoms with Gasteiger partial charge in [0.15, 0.2) is 0 Å². The molecule has 0 radical (unpaired) electrons. The minimum absolute atomic E-state index is 0.108. The number of carbonyl (C=O) groups is 1. The molecule has 1 atom stereocenters. The lowest BCUT2D eigenvalue weighted by Gasteiger charge is -2.20.